The van der Waals surface area contributed by atoms with E-state index < -0.39 is 0 Å². The molecule has 0 radical (unpaired) electrons. The van der Waals surface area contributed by atoms with Gasteiger partial charge in [-0.2, -0.15) is 0 Å². The number of Topliss-reactive ketones (excluding diaryl/α,β-unsaturated/α-hetero) is 1. The lowest BCUT2D eigenvalue weighted by molar-refractivity contribution is -0.115. The molecule has 1 atom stereocenters. The maximum Gasteiger partial charge on any atom is 0.237 e. The highest BCUT2D eigenvalue weighted by molar-refractivity contribution is 8.02. The third-order valence-electron chi connectivity index (χ3n) is 2.89. The number of thioether (sulfide) groups is 1. The van der Waals surface area contributed by atoms with Crippen molar-refractivity contribution in [3.8, 4) is 0 Å². The Balaban J connectivity index is 2.00. The number of benzene rings is 1. The van der Waals surface area contributed by atoms with Gasteiger partial charge in [-0.15, -0.1) is 10.2 Å². The minimum atomic E-state index is -0.278. The monoisotopic (exact) mass is 336 g/mol. The van der Waals surface area contributed by atoms with Gasteiger partial charge in [0.25, 0.3) is 0 Å². The normalized spacial score (nSPS) is 11.9. The van der Waals surface area contributed by atoms with Gasteiger partial charge in [-0.1, -0.05) is 30.0 Å². The molecular weight excluding hydrogens is 320 g/mol. The van der Waals surface area contributed by atoms with Gasteiger partial charge in [0.05, 0.1) is 5.25 Å². The summed E-state index contributed by atoms with van der Waals surface area (Å²) in [7, 11) is 0. The molecule has 0 aliphatic rings. The van der Waals surface area contributed by atoms with E-state index in [1.54, 1.807) is 24.3 Å². The van der Waals surface area contributed by atoms with Crippen LogP contribution in [0.15, 0.2) is 28.6 Å². The van der Waals surface area contributed by atoms with E-state index in [0.29, 0.717) is 27.1 Å². The largest absolute Gasteiger partial charge is 0.374 e. The van der Waals surface area contributed by atoms with Crippen molar-refractivity contribution in [3.05, 3.63) is 29.8 Å². The first kappa shape index (κ1) is 16.4. The number of carbonyl (C=O) groups excluding carboxylic acids is 2. The molecule has 1 heterocycles. The van der Waals surface area contributed by atoms with Crippen LogP contribution in [-0.2, 0) is 4.79 Å². The van der Waals surface area contributed by atoms with Gasteiger partial charge in [0.1, 0.15) is 0 Å². The average Bonchev–Trinajstić information content (AvgIpc) is 2.90. The first-order chi connectivity index (χ1) is 10.5. The van der Waals surface area contributed by atoms with E-state index in [4.69, 9.17) is 5.73 Å². The first-order valence-electron chi connectivity index (χ1n) is 6.67. The second-order valence-corrected chi connectivity index (χ2v) is 7.00. The van der Waals surface area contributed by atoms with Crippen LogP contribution >= 0.6 is 23.1 Å². The van der Waals surface area contributed by atoms with Gasteiger partial charge in [0.15, 0.2) is 10.1 Å². The predicted molar refractivity (Wildman–Crippen MR) is 89.3 cm³/mol. The number of amides is 1. The highest BCUT2D eigenvalue weighted by Gasteiger charge is 2.20. The van der Waals surface area contributed by atoms with Crippen molar-refractivity contribution in [2.75, 3.05) is 11.1 Å². The number of aromatic nitrogens is 2. The molecule has 0 saturated heterocycles. The van der Waals surface area contributed by atoms with Gasteiger partial charge in [0, 0.05) is 11.3 Å². The summed E-state index contributed by atoms with van der Waals surface area (Å²) >= 11 is 2.61. The number of nitrogen functional groups attached to an aromatic ring is 1. The average molecular weight is 336 g/mol. The molecule has 0 fully saturated rings. The lowest BCUT2D eigenvalue weighted by Crippen LogP contribution is -2.24. The number of rotatable bonds is 6. The number of carbonyl (C=O) groups is 2. The molecule has 0 saturated carbocycles. The first-order valence-corrected chi connectivity index (χ1v) is 8.36. The SMILES string of the molecule is CC[C@H](Sc1nnc(N)s1)C(=O)Nc1ccc(C(C)=O)cc1. The van der Waals surface area contributed by atoms with Crippen molar-refractivity contribution < 1.29 is 9.59 Å². The van der Waals surface area contributed by atoms with Crippen LogP contribution in [0.3, 0.4) is 0 Å². The van der Waals surface area contributed by atoms with Crippen LogP contribution in [0, 0.1) is 0 Å². The van der Waals surface area contributed by atoms with Gasteiger partial charge in [0.2, 0.25) is 11.0 Å². The summed E-state index contributed by atoms with van der Waals surface area (Å²) in [5.41, 5.74) is 6.81. The van der Waals surface area contributed by atoms with Crippen molar-refractivity contribution in [1.82, 2.24) is 10.2 Å². The van der Waals surface area contributed by atoms with Crippen molar-refractivity contribution in [3.63, 3.8) is 0 Å². The zero-order valence-electron chi connectivity index (χ0n) is 12.2. The van der Waals surface area contributed by atoms with Crippen LogP contribution in [0.5, 0.6) is 0 Å². The summed E-state index contributed by atoms with van der Waals surface area (Å²) in [4.78, 5) is 23.5. The van der Waals surface area contributed by atoms with E-state index in [1.165, 1.54) is 30.0 Å². The van der Waals surface area contributed by atoms with Crippen molar-refractivity contribution >= 4 is 45.6 Å². The molecule has 2 aromatic rings. The Kier molecular flexibility index (Phi) is 5.51. The molecule has 1 aromatic carbocycles. The van der Waals surface area contributed by atoms with E-state index in [9.17, 15) is 9.59 Å². The highest BCUT2D eigenvalue weighted by Crippen LogP contribution is 2.29. The summed E-state index contributed by atoms with van der Waals surface area (Å²) in [6.07, 6.45) is 0.654. The molecule has 1 aromatic heterocycles. The molecule has 0 aliphatic heterocycles. The number of nitrogens with one attached hydrogen (secondary N) is 1. The van der Waals surface area contributed by atoms with Gasteiger partial charge in [-0.25, -0.2) is 0 Å². The standard InChI is InChI=1S/C14H16N4O2S2/c1-3-11(21-14-18-17-13(15)22-14)12(20)16-10-6-4-9(5-7-10)8(2)19/h4-7,11H,3H2,1-2H3,(H2,15,17)(H,16,20)/t11-/m0/s1. The molecule has 3 N–H and O–H groups in total. The van der Waals surface area contributed by atoms with E-state index in [1.807, 2.05) is 6.92 Å². The van der Waals surface area contributed by atoms with E-state index in [-0.39, 0.29) is 16.9 Å². The maximum absolute atomic E-state index is 12.3. The van der Waals surface area contributed by atoms with Crippen LogP contribution in [0.25, 0.3) is 0 Å². The van der Waals surface area contributed by atoms with Crippen molar-refractivity contribution in [2.45, 2.75) is 29.9 Å². The van der Waals surface area contributed by atoms with E-state index in [0.717, 1.165) is 0 Å². The van der Waals surface area contributed by atoms with Gasteiger partial charge in [-0.3, -0.25) is 9.59 Å². The van der Waals surface area contributed by atoms with Crippen molar-refractivity contribution in [1.29, 1.82) is 0 Å². The maximum atomic E-state index is 12.3. The Morgan fingerprint density at radius 1 is 1.32 bits per heavy atom. The van der Waals surface area contributed by atoms with E-state index in [2.05, 4.69) is 15.5 Å². The molecule has 0 spiro atoms. The zero-order chi connectivity index (χ0) is 16.1. The fourth-order valence-electron chi connectivity index (χ4n) is 1.72. The molecule has 1 amide bonds. The molecule has 116 valence electrons. The summed E-state index contributed by atoms with van der Waals surface area (Å²) in [6, 6.07) is 6.82. The Bertz CT molecular complexity index is 670. The van der Waals surface area contributed by atoms with Gasteiger partial charge >= 0.3 is 0 Å². The minimum Gasteiger partial charge on any atom is -0.374 e. The van der Waals surface area contributed by atoms with Crippen LogP contribution in [0.4, 0.5) is 10.8 Å². The Morgan fingerprint density at radius 2 is 2.00 bits per heavy atom. The lowest BCUT2D eigenvalue weighted by atomic mass is 10.1. The number of ketones is 1. The molecule has 0 unspecified atom stereocenters. The summed E-state index contributed by atoms with van der Waals surface area (Å²) in [5, 5.41) is 10.6. The molecular formula is C14H16N4O2S2. The third kappa shape index (κ3) is 4.28. The molecule has 6 nitrogen and oxygen atoms in total. The number of nitrogens with two attached hydrogens (primary N) is 1. The van der Waals surface area contributed by atoms with Gasteiger partial charge in [-0.05, 0) is 37.6 Å². The summed E-state index contributed by atoms with van der Waals surface area (Å²) < 4.78 is 0.673. The fraction of sp³-hybridized carbons (Fsp3) is 0.286. The number of nitrogens with zero attached hydrogens (tertiary/aromatic N) is 2. The Hall–Kier alpha value is -1.93. The van der Waals surface area contributed by atoms with Crippen LogP contribution in [0.2, 0.25) is 0 Å². The Labute approximate surface area is 136 Å². The number of hydrogen-bond donors (Lipinski definition) is 2. The molecule has 2 rings (SSSR count). The predicted octanol–water partition coefficient (Wildman–Crippen LogP) is 2.83. The van der Waals surface area contributed by atoms with Crippen LogP contribution in [-0.4, -0.2) is 27.1 Å². The highest BCUT2D eigenvalue weighted by atomic mass is 32.2. The molecule has 8 heteroatoms. The topological polar surface area (TPSA) is 98.0 Å². The summed E-state index contributed by atoms with van der Waals surface area (Å²) in [5.74, 6) is -0.120. The molecule has 0 bridgehead atoms. The second-order valence-electron chi connectivity index (χ2n) is 4.54. The second kappa shape index (κ2) is 7.37. The third-order valence-corrected chi connectivity index (χ3v) is 5.09. The van der Waals surface area contributed by atoms with Crippen LogP contribution < -0.4 is 11.1 Å². The zero-order valence-corrected chi connectivity index (χ0v) is 13.8. The smallest absolute Gasteiger partial charge is 0.237 e. The van der Waals surface area contributed by atoms with Gasteiger partial charge < -0.3 is 11.1 Å². The number of anilines is 2. The Morgan fingerprint density at radius 3 is 2.50 bits per heavy atom. The summed E-state index contributed by atoms with van der Waals surface area (Å²) in [6.45, 7) is 3.44. The number of hydrogen-bond acceptors (Lipinski definition) is 7. The molecule has 0 aliphatic carbocycles. The fourth-order valence-corrected chi connectivity index (χ4v) is 3.53. The quantitative estimate of drug-likeness (QED) is 0.622. The van der Waals surface area contributed by atoms with E-state index >= 15 is 0 Å². The van der Waals surface area contributed by atoms with Crippen molar-refractivity contribution in [2.24, 2.45) is 0 Å². The minimum absolute atomic E-state index is 0.00581. The van der Waals surface area contributed by atoms with Crippen LogP contribution in [0.1, 0.15) is 30.6 Å². The molecule has 22 heavy (non-hydrogen) atoms. The lowest BCUT2D eigenvalue weighted by Gasteiger charge is -2.13.